The molecule has 1 rings (SSSR count). The van der Waals surface area contributed by atoms with Crippen LogP contribution in [0.2, 0.25) is 0 Å². The molecule has 0 saturated heterocycles. The van der Waals surface area contributed by atoms with E-state index < -0.39 is 0 Å². The second-order valence-electron chi connectivity index (χ2n) is 3.94. The van der Waals surface area contributed by atoms with E-state index in [-0.39, 0.29) is 6.61 Å². The van der Waals surface area contributed by atoms with E-state index in [1.807, 2.05) is 18.2 Å². The molecule has 0 fully saturated rings. The number of unbranched alkanes of at least 4 members (excludes halogenated alkanes) is 3. The molecule has 0 unspecified atom stereocenters. The Kier molecular flexibility index (Phi) is 8.12. The number of hydrogen-bond donors (Lipinski definition) is 1. The molecule has 0 atom stereocenters. The topological polar surface area (TPSA) is 20.2 Å². The average Bonchev–Trinajstić information content (AvgIpc) is 2.41. The summed E-state index contributed by atoms with van der Waals surface area (Å²) < 4.78 is 0. The molecule has 0 aromatic heterocycles. The van der Waals surface area contributed by atoms with Gasteiger partial charge in [-0.2, -0.15) is 0 Å². The first kappa shape index (κ1) is 14.9. The monoisotopic (exact) mass is 260 g/mol. The van der Waals surface area contributed by atoms with E-state index in [1.165, 1.54) is 24.2 Å². The fourth-order valence-electron chi connectivity index (χ4n) is 1.49. The fourth-order valence-corrected chi connectivity index (χ4v) is 2.36. The summed E-state index contributed by atoms with van der Waals surface area (Å²) in [6.45, 7) is 2.12. The van der Waals surface area contributed by atoms with Crippen LogP contribution in [0.1, 0.15) is 32.6 Å². The molecule has 0 aliphatic carbocycles. The lowest BCUT2D eigenvalue weighted by molar-refractivity contribution is 0.350. The third-order valence-corrected chi connectivity index (χ3v) is 3.40. The lowest BCUT2D eigenvalue weighted by Gasteiger charge is -2.01. The molecule has 0 radical (unpaired) electrons. The molecule has 1 N–H and O–H groups in total. The van der Waals surface area contributed by atoms with Crippen molar-refractivity contribution in [1.82, 2.24) is 0 Å². The molecule has 96 valence electrons. The number of aliphatic hydroxyl groups excluding tert-OH is 1. The van der Waals surface area contributed by atoms with Crippen LogP contribution in [0, 0.1) is 11.8 Å². The van der Waals surface area contributed by atoms with Crippen molar-refractivity contribution in [2.45, 2.75) is 37.5 Å². The van der Waals surface area contributed by atoms with Crippen LogP contribution < -0.4 is 0 Å². The second-order valence-corrected chi connectivity index (χ2v) is 5.05. The Bertz CT molecular complexity index is 412. The molecule has 2 heteroatoms. The smallest absolute Gasteiger partial charge is 0.104 e. The van der Waals surface area contributed by atoms with Crippen molar-refractivity contribution in [3.05, 3.63) is 41.3 Å². The van der Waals surface area contributed by atoms with Gasteiger partial charge in [0.2, 0.25) is 0 Å². The zero-order chi connectivity index (χ0) is 13.1. The van der Waals surface area contributed by atoms with E-state index in [1.54, 1.807) is 11.8 Å². The SMILES string of the molecule is CCCCC/C=C(/C#CCO)Sc1ccccc1. The minimum absolute atomic E-state index is 0.0817. The number of benzene rings is 1. The Labute approximate surface area is 114 Å². The third-order valence-electron chi connectivity index (χ3n) is 2.40. The van der Waals surface area contributed by atoms with Crippen LogP contribution in [-0.2, 0) is 0 Å². The van der Waals surface area contributed by atoms with Crippen LogP contribution in [0.15, 0.2) is 46.2 Å². The molecular weight excluding hydrogens is 240 g/mol. The highest BCUT2D eigenvalue weighted by Crippen LogP contribution is 2.26. The van der Waals surface area contributed by atoms with Gasteiger partial charge in [0.05, 0.1) is 4.91 Å². The van der Waals surface area contributed by atoms with Gasteiger partial charge in [-0.05, 0) is 25.0 Å². The van der Waals surface area contributed by atoms with Gasteiger partial charge >= 0.3 is 0 Å². The van der Waals surface area contributed by atoms with Crippen LogP contribution in [0.3, 0.4) is 0 Å². The number of thioether (sulfide) groups is 1. The lowest BCUT2D eigenvalue weighted by Crippen LogP contribution is -1.79. The normalized spacial score (nSPS) is 10.9. The van der Waals surface area contributed by atoms with Gasteiger partial charge in [-0.15, -0.1) is 0 Å². The first-order valence-electron chi connectivity index (χ1n) is 6.39. The van der Waals surface area contributed by atoms with Gasteiger partial charge in [0.1, 0.15) is 6.61 Å². The number of hydrogen-bond acceptors (Lipinski definition) is 2. The highest BCUT2D eigenvalue weighted by molar-refractivity contribution is 8.03. The molecule has 1 aromatic rings. The van der Waals surface area contributed by atoms with Crippen molar-refractivity contribution >= 4 is 11.8 Å². The Morgan fingerprint density at radius 2 is 2.06 bits per heavy atom. The molecule has 18 heavy (non-hydrogen) atoms. The van der Waals surface area contributed by atoms with Crippen molar-refractivity contribution in [2.75, 3.05) is 6.61 Å². The largest absolute Gasteiger partial charge is 0.384 e. The van der Waals surface area contributed by atoms with Crippen LogP contribution in [0.4, 0.5) is 0 Å². The van der Waals surface area contributed by atoms with E-state index in [0.717, 1.165) is 11.3 Å². The Balaban J connectivity index is 2.61. The average molecular weight is 260 g/mol. The van der Waals surface area contributed by atoms with Gasteiger partial charge < -0.3 is 5.11 Å². The predicted molar refractivity (Wildman–Crippen MR) is 79.4 cm³/mol. The summed E-state index contributed by atoms with van der Waals surface area (Å²) in [7, 11) is 0. The zero-order valence-electron chi connectivity index (χ0n) is 10.9. The quantitative estimate of drug-likeness (QED) is 0.469. The van der Waals surface area contributed by atoms with E-state index in [0.29, 0.717) is 0 Å². The van der Waals surface area contributed by atoms with Gasteiger partial charge in [-0.1, -0.05) is 67.6 Å². The van der Waals surface area contributed by atoms with Crippen molar-refractivity contribution in [3.63, 3.8) is 0 Å². The molecule has 0 saturated carbocycles. The minimum Gasteiger partial charge on any atom is -0.384 e. The summed E-state index contributed by atoms with van der Waals surface area (Å²) in [5.41, 5.74) is 0. The summed E-state index contributed by atoms with van der Waals surface area (Å²) in [6, 6.07) is 10.2. The fraction of sp³-hybridized carbons (Fsp3) is 0.375. The number of aliphatic hydroxyl groups is 1. The second kappa shape index (κ2) is 9.82. The van der Waals surface area contributed by atoms with Crippen LogP contribution in [0.25, 0.3) is 0 Å². The zero-order valence-corrected chi connectivity index (χ0v) is 11.7. The Morgan fingerprint density at radius 3 is 2.72 bits per heavy atom. The predicted octanol–water partition coefficient (Wildman–Crippen LogP) is 4.24. The molecule has 0 amide bonds. The third kappa shape index (κ3) is 6.54. The molecule has 0 aliphatic rings. The Hall–Kier alpha value is -1.17. The molecule has 1 nitrogen and oxygen atoms in total. The van der Waals surface area contributed by atoms with Gasteiger partial charge in [0, 0.05) is 4.90 Å². The van der Waals surface area contributed by atoms with Crippen LogP contribution in [-0.4, -0.2) is 11.7 Å². The standard InChI is InChI=1S/C16H20OS/c1-2-3-4-6-10-16(13-9-14-17)18-15-11-7-5-8-12-15/h5,7-8,10-12,17H,2-4,6,14H2,1H3/b16-10-. The molecule has 0 heterocycles. The van der Waals surface area contributed by atoms with E-state index in [9.17, 15) is 0 Å². The van der Waals surface area contributed by atoms with Crippen molar-refractivity contribution in [3.8, 4) is 11.8 Å². The van der Waals surface area contributed by atoms with E-state index in [2.05, 4.69) is 37.0 Å². The summed E-state index contributed by atoms with van der Waals surface area (Å²) in [4.78, 5) is 2.22. The maximum Gasteiger partial charge on any atom is 0.104 e. The van der Waals surface area contributed by atoms with Crippen molar-refractivity contribution < 1.29 is 5.11 Å². The summed E-state index contributed by atoms with van der Waals surface area (Å²) in [6.07, 6.45) is 6.93. The molecular formula is C16H20OS. The first-order chi connectivity index (χ1) is 8.86. The molecule has 0 spiro atoms. The summed E-state index contributed by atoms with van der Waals surface area (Å²) >= 11 is 1.66. The van der Waals surface area contributed by atoms with Crippen molar-refractivity contribution in [1.29, 1.82) is 0 Å². The minimum atomic E-state index is -0.0817. The van der Waals surface area contributed by atoms with Gasteiger partial charge in [0.15, 0.2) is 0 Å². The van der Waals surface area contributed by atoms with Gasteiger partial charge in [0.25, 0.3) is 0 Å². The molecule has 0 bridgehead atoms. The maximum atomic E-state index is 8.78. The highest BCUT2D eigenvalue weighted by Gasteiger charge is 1.97. The maximum absolute atomic E-state index is 8.78. The number of allylic oxidation sites excluding steroid dienone is 2. The van der Waals surface area contributed by atoms with Gasteiger partial charge in [-0.3, -0.25) is 0 Å². The summed E-state index contributed by atoms with van der Waals surface area (Å²) in [5, 5.41) is 8.78. The summed E-state index contributed by atoms with van der Waals surface area (Å²) in [5.74, 6) is 5.74. The van der Waals surface area contributed by atoms with E-state index >= 15 is 0 Å². The highest BCUT2D eigenvalue weighted by atomic mass is 32.2. The van der Waals surface area contributed by atoms with E-state index in [4.69, 9.17) is 5.11 Å². The number of rotatable bonds is 6. The lowest BCUT2D eigenvalue weighted by atomic mass is 10.2. The molecule has 1 aromatic carbocycles. The Morgan fingerprint density at radius 1 is 1.28 bits per heavy atom. The first-order valence-corrected chi connectivity index (χ1v) is 7.21. The molecule has 0 aliphatic heterocycles. The van der Waals surface area contributed by atoms with Gasteiger partial charge in [-0.25, -0.2) is 0 Å². The van der Waals surface area contributed by atoms with Crippen LogP contribution in [0.5, 0.6) is 0 Å². The van der Waals surface area contributed by atoms with Crippen LogP contribution >= 0.6 is 11.8 Å². The van der Waals surface area contributed by atoms with Crippen molar-refractivity contribution in [2.24, 2.45) is 0 Å².